The van der Waals surface area contributed by atoms with E-state index in [2.05, 4.69) is 25.9 Å². The summed E-state index contributed by atoms with van der Waals surface area (Å²) in [4.78, 5) is 45.7. The Morgan fingerprint density at radius 1 is 0.951 bits per heavy atom. The number of imidazole rings is 1. The van der Waals surface area contributed by atoms with E-state index < -0.39 is 0 Å². The fourth-order valence-electron chi connectivity index (χ4n) is 4.25. The Morgan fingerprint density at radius 2 is 1.61 bits per heavy atom. The van der Waals surface area contributed by atoms with Crippen LogP contribution in [0.5, 0.6) is 5.75 Å². The van der Waals surface area contributed by atoms with Gasteiger partial charge in [0.2, 0.25) is 0 Å². The van der Waals surface area contributed by atoms with Gasteiger partial charge in [0.05, 0.1) is 0 Å². The van der Waals surface area contributed by atoms with Gasteiger partial charge in [-0.05, 0) is 68.4 Å². The van der Waals surface area contributed by atoms with E-state index in [9.17, 15) is 14.4 Å². The number of aromatic nitrogens is 4. The summed E-state index contributed by atoms with van der Waals surface area (Å²) in [7, 11) is 0. The Morgan fingerprint density at radius 3 is 2.29 bits per heavy atom. The number of amides is 1. The van der Waals surface area contributed by atoms with Gasteiger partial charge in [-0.2, -0.15) is 0 Å². The van der Waals surface area contributed by atoms with Gasteiger partial charge in [-0.25, -0.2) is 9.78 Å². The normalized spacial score (nSPS) is 10.9. The van der Waals surface area contributed by atoms with Crippen molar-refractivity contribution in [3.05, 3.63) is 74.9 Å². The van der Waals surface area contributed by atoms with E-state index in [0.717, 1.165) is 17.7 Å². The summed E-state index contributed by atoms with van der Waals surface area (Å²) >= 11 is 5.28. The first kappa shape index (κ1) is 29.5. The van der Waals surface area contributed by atoms with Crippen molar-refractivity contribution < 1.29 is 9.53 Å². The lowest BCUT2D eigenvalue weighted by molar-refractivity contribution is -0.123. The minimum Gasteiger partial charge on any atom is -0.484 e. The van der Waals surface area contributed by atoms with Gasteiger partial charge in [-0.3, -0.25) is 18.7 Å². The molecule has 4 aromatic rings. The number of anilines is 1. The first-order chi connectivity index (χ1) is 19.8. The smallest absolute Gasteiger partial charge is 0.332 e. The summed E-state index contributed by atoms with van der Waals surface area (Å²) in [5, 5.41) is 9.40. The molecule has 0 saturated heterocycles. The van der Waals surface area contributed by atoms with Gasteiger partial charge in [0, 0.05) is 37.4 Å². The van der Waals surface area contributed by atoms with Crippen LogP contribution in [0.2, 0.25) is 0 Å². The maximum atomic E-state index is 13.0. The number of fused-ring (bicyclic) bond motifs is 1. The third-order valence-corrected chi connectivity index (χ3v) is 6.54. The molecule has 4 N–H and O–H groups in total. The van der Waals surface area contributed by atoms with E-state index >= 15 is 0 Å². The molecule has 0 spiro atoms. The fourth-order valence-corrected chi connectivity index (χ4v) is 4.47. The van der Waals surface area contributed by atoms with Crippen molar-refractivity contribution in [3.8, 4) is 17.1 Å². The quantitative estimate of drug-likeness (QED) is 0.149. The molecular formula is C29H35N7O4S. The van der Waals surface area contributed by atoms with Gasteiger partial charge < -0.3 is 25.7 Å². The van der Waals surface area contributed by atoms with Gasteiger partial charge in [-0.1, -0.05) is 31.5 Å². The average Bonchev–Trinajstić information content (AvgIpc) is 3.42. The van der Waals surface area contributed by atoms with Crippen LogP contribution in [-0.4, -0.2) is 49.8 Å². The van der Waals surface area contributed by atoms with Crippen LogP contribution in [0.4, 0.5) is 5.69 Å². The van der Waals surface area contributed by atoms with E-state index in [1.54, 1.807) is 28.8 Å². The first-order valence-corrected chi connectivity index (χ1v) is 14.1. The molecule has 2 aromatic heterocycles. The van der Waals surface area contributed by atoms with Crippen molar-refractivity contribution in [2.75, 3.05) is 25.0 Å². The van der Waals surface area contributed by atoms with E-state index in [0.29, 0.717) is 60.5 Å². The molecule has 2 heterocycles. The topological polar surface area (TPSA) is 135 Å². The molecule has 0 aliphatic rings. The minimum atomic E-state index is -0.372. The molecule has 12 heteroatoms. The number of carbonyl (C=O) groups excluding carboxylic acids is 1. The summed E-state index contributed by atoms with van der Waals surface area (Å²) in [6, 6.07) is 14.9. The van der Waals surface area contributed by atoms with E-state index in [-0.39, 0.29) is 23.8 Å². The lowest BCUT2D eigenvalue weighted by Crippen LogP contribution is -2.40. The maximum Gasteiger partial charge on any atom is 0.332 e. The highest BCUT2D eigenvalue weighted by Gasteiger charge is 2.17. The molecule has 216 valence electrons. The lowest BCUT2D eigenvalue weighted by Gasteiger charge is -2.11. The molecule has 11 nitrogen and oxygen atoms in total. The molecule has 0 bridgehead atoms. The zero-order chi connectivity index (χ0) is 29.4. The Labute approximate surface area is 243 Å². The van der Waals surface area contributed by atoms with Crippen molar-refractivity contribution >= 4 is 40.1 Å². The highest BCUT2D eigenvalue weighted by Crippen LogP contribution is 2.22. The molecule has 0 radical (unpaired) electrons. The summed E-state index contributed by atoms with van der Waals surface area (Å²) in [6.07, 6.45) is 1.40. The molecule has 0 aliphatic heterocycles. The second-order valence-corrected chi connectivity index (χ2v) is 9.99. The second kappa shape index (κ2) is 13.8. The predicted molar refractivity (Wildman–Crippen MR) is 165 cm³/mol. The van der Waals surface area contributed by atoms with Crippen LogP contribution in [0, 0.1) is 6.92 Å². The number of rotatable bonds is 12. The number of ether oxygens (including phenoxy) is 1. The molecule has 41 heavy (non-hydrogen) atoms. The number of hydrogen-bond donors (Lipinski definition) is 4. The number of thiocarbonyl (C=S) groups is 1. The Hall–Kier alpha value is -4.45. The summed E-state index contributed by atoms with van der Waals surface area (Å²) < 4.78 is 8.42. The Kier molecular flexibility index (Phi) is 9.91. The third kappa shape index (κ3) is 7.40. The predicted octanol–water partition coefficient (Wildman–Crippen LogP) is 3.16. The number of hydrogen-bond acceptors (Lipinski definition) is 6. The maximum absolute atomic E-state index is 13.0. The second-order valence-electron chi connectivity index (χ2n) is 9.58. The van der Waals surface area contributed by atoms with Crippen LogP contribution in [0.25, 0.3) is 22.6 Å². The Balaban J connectivity index is 1.30. The monoisotopic (exact) mass is 577 g/mol. The van der Waals surface area contributed by atoms with E-state index in [1.807, 2.05) is 45.0 Å². The van der Waals surface area contributed by atoms with Gasteiger partial charge >= 0.3 is 5.69 Å². The molecule has 0 saturated carbocycles. The molecule has 0 fully saturated rings. The van der Waals surface area contributed by atoms with Crippen LogP contribution < -0.4 is 31.9 Å². The number of aromatic amines is 1. The molecular weight excluding hydrogens is 542 g/mol. The summed E-state index contributed by atoms with van der Waals surface area (Å²) in [5.41, 5.74) is 2.72. The lowest BCUT2D eigenvalue weighted by atomic mass is 10.2. The number of H-pyrrole nitrogens is 1. The summed E-state index contributed by atoms with van der Waals surface area (Å²) in [5.74, 6) is 0.722. The highest BCUT2D eigenvalue weighted by molar-refractivity contribution is 7.80. The van der Waals surface area contributed by atoms with E-state index in [1.165, 1.54) is 10.1 Å². The number of nitrogens with one attached hydrogen (secondary N) is 4. The van der Waals surface area contributed by atoms with Gasteiger partial charge in [0.15, 0.2) is 17.4 Å². The van der Waals surface area contributed by atoms with Crippen molar-refractivity contribution in [1.82, 2.24) is 29.7 Å². The molecule has 2 aromatic carbocycles. The zero-order valence-corrected chi connectivity index (χ0v) is 24.3. The number of benzene rings is 2. The number of carbonyl (C=O) groups is 1. The molecule has 0 aliphatic carbocycles. The molecule has 0 unspecified atom stereocenters. The van der Waals surface area contributed by atoms with Crippen molar-refractivity contribution in [2.45, 2.75) is 46.7 Å². The van der Waals surface area contributed by atoms with Crippen LogP contribution in [0.1, 0.15) is 32.3 Å². The Bertz CT molecular complexity index is 1620. The number of aryl methyl sites for hydroxylation is 2. The molecule has 0 atom stereocenters. The van der Waals surface area contributed by atoms with Crippen LogP contribution >= 0.6 is 12.2 Å². The van der Waals surface area contributed by atoms with E-state index in [4.69, 9.17) is 17.0 Å². The summed E-state index contributed by atoms with van der Waals surface area (Å²) in [6.45, 7) is 7.42. The largest absolute Gasteiger partial charge is 0.484 e. The number of nitrogens with zero attached hydrogens (tertiary/aromatic N) is 3. The molecule has 1 amide bonds. The van der Waals surface area contributed by atoms with Crippen molar-refractivity contribution in [1.29, 1.82) is 0 Å². The van der Waals surface area contributed by atoms with Crippen LogP contribution in [-0.2, 0) is 17.9 Å². The fraction of sp³-hybridized carbons (Fsp3) is 0.345. The zero-order valence-electron chi connectivity index (χ0n) is 23.5. The third-order valence-electron chi connectivity index (χ3n) is 6.30. The van der Waals surface area contributed by atoms with Gasteiger partial charge in [-0.15, -0.1) is 0 Å². The van der Waals surface area contributed by atoms with Crippen molar-refractivity contribution in [2.24, 2.45) is 0 Å². The average molecular weight is 578 g/mol. The van der Waals surface area contributed by atoms with Crippen molar-refractivity contribution in [3.63, 3.8) is 0 Å². The van der Waals surface area contributed by atoms with Crippen LogP contribution in [0.15, 0.2) is 58.1 Å². The first-order valence-electron chi connectivity index (χ1n) is 13.7. The van der Waals surface area contributed by atoms with Gasteiger partial charge in [0.25, 0.3) is 11.5 Å². The standard InChI is InChI=1S/C29H35N7O4S/c1-4-16-35-26-24(27(38)36(17-5-2)29(35)39)33-25(34-26)20-8-12-22(13-9-20)40-18-23(37)30-14-15-31-28(41)32-21-10-6-19(3)7-11-21/h6-13H,4-5,14-18H2,1-3H3,(H,30,37)(H,33,34)(H2,31,32,41). The highest BCUT2D eigenvalue weighted by atomic mass is 32.1. The van der Waals surface area contributed by atoms with Crippen LogP contribution in [0.3, 0.4) is 0 Å². The SMILES string of the molecule is CCCn1c(=O)c2[nH]c(-c3ccc(OCC(=O)NCCNC(=S)Nc4ccc(C)cc4)cc3)nc2n(CCC)c1=O. The minimum absolute atomic E-state index is 0.143. The molecule has 4 rings (SSSR count). The van der Waals surface area contributed by atoms with Gasteiger partial charge in [0.1, 0.15) is 17.1 Å².